The van der Waals surface area contributed by atoms with Gasteiger partial charge in [-0.2, -0.15) is 0 Å². The summed E-state index contributed by atoms with van der Waals surface area (Å²) in [6, 6.07) is 4.95. The molecular weight excluding hydrogens is 272 g/mol. The average Bonchev–Trinajstić information content (AvgIpc) is 2.50. The maximum absolute atomic E-state index is 12.5. The van der Waals surface area contributed by atoms with Gasteiger partial charge in [-0.1, -0.05) is 13.3 Å². The molecule has 0 atom stereocenters. The second kappa shape index (κ2) is 7.08. The minimum atomic E-state index is -0.202. The molecule has 1 aromatic carbocycles. The Labute approximate surface area is 123 Å². The van der Waals surface area contributed by atoms with Gasteiger partial charge in [-0.15, -0.1) is 0 Å². The highest BCUT2D eigenvalue weighted by Gasteiger charge is 2.20. The summed E-state index contributed by atoms with van der Waals surface area (Å²) in [4.78, 5) is 25.3. The smallest absolute Gasteiger partial charge is 0.262 e. The van der Waals surface area contributed by atoms with E-state index in [1.165, 1.54) is 0 Å². The number of rotatable bonds is 6. The molecule has 0 spiro atoms. The third-order valence-corrected chi connectivity index (χ3v) is 3.30. The number of nitrogens with one attached hydrogen (secondary N) is 1. The maximum Gasteiger partial charge on any atom is 0.262 e. The van der Waals surface area contributed by atoms with E-state index in [4.69, 9.17) is 9.84 Å². The van der Waals surface area contributed by atoms with E-state index in [-0.39, 0.29) is 25.0 Å². The highest BCUT2D eigenvalue weighted by atomic mass is 16.5. The molecule has 0 saturated heterocycles. The number of benzene rings is 1. The first-order valence-electron chi connectivity index (χ1n) is 7.12. The molecule has 21 heavy (non-hydrogen) atoms. The van der Waals surface area contributed by atoms with Crippen LogP contribution in [0.2, 0.25) is 0 Å². The lowest BCUT2D eigenvalue weighted by molar-refractivity contribution is -0.118. The Kier molecular flexibility index (Phi) is 5.16. The van der Waals surface area contributed by atoms with Crippen molar-refractivity contribution in [2.75, 3.05) is 31.6 Å². The Balaban J connectivity index is 2.16. The second-order valence-electron chi connectivity index (χ2n) is 4.92. The number of hydrogen-bond donors (Lipinski definition) is 2. The van der Waals surface area contributed by atoms with Crippen molar-refractivity contribution in [3.05, 3.63) is 23.8 Å². The van der Waals surface area contributed by atoms with Crippen LogP contribution < -0.4 is 10.1 Å². The van der Waals surface area contributed by atoms with E-state index in [0.29, 0.717) is 30.1 Å². The van der Waals surface area contributed by atoms with Crippen molar-refractivity contribution in [2.24, 2.45) is 0 Å². The first-order chi connectivity index (χ1) is 10.2. The van der Waals surface area contributed by atoms with Crippen molar-refractivity contribution in [1.82, 2.24) is 4.90 Å². The summed E-state index contributed by atoms with van der Waals surface area (Å²) < 4.78 is 5.32. The van der Waals surface area contributed by atoms with Gasteiger partial charge >= 0.3 is 0 Å². The van der Waals surface area contributed by atoms with Crippen molar-refractivity contribution < 1.29 is 19.4 Å². The first-order valence-corrected chi connectivity index (χ1v) is 7.12. The van der Waals surface area contributed by atoms with E-state index in [0.717, 1.165) is 12.8 Å². The van der Waals surface area contributed by atoms with E-state index in [9.17, 15) is 9.59 Å². The third-order valence-electron chi connectivity index (χ3n) is 3.30. The number of aliphatic hydroxyl groups is 1. The number of carbonyl (C=O) groups excluding carboxylic acids is 2. The number of anilines is 1. The third kappa shape index (κ3) is 3.72. The maximum atomic E-state index is 12.5. The Bertz CT molecular complexity index is 530. The van der Waals surface area contributed by atoms with Crippen LogP contribution in [0.15, 0.2) is 18.2 Å². The molecule has 0 unspecified atom stereocenters. The molecule has 6 nitrogen and oxygen atoms in total. The Morgan fingerprint density at radius 3 is 2.95 bits per heavy atom. The fourth-order valence-electron chi connectivity index (χ4n) is 2.17. The molecule has 6 heteroatoms. The molecule has 0 radical (unpaired) electrons. The zero-order chi connectivity index (χ0) is 15.2. The normalized spacial score (nSPS) is 13.1. The van der Waals surface area contributed by atoms with Crippen molar-refractivity contribution in [3.8, 4) is 5.75 Å². The van der Waals surface area contributed by atoms with Gasteiger partial charge in [0.2, 0.25) is 0 Å². The van der Waals surface area contributed by atoms with Crippen LogP contribution in [0.25, 0.3) is 0 Å². The molecule has 0 bridgehead atoms. The van der Waals surface area contributed by atoms with E-state index in [2.05, 4.69) is 12.2 Å². The number of nitrogens with zero attached hydrogens (tertiary/aromatic N) is 1. The number of carbonyl (C=O) groups is 2. The van der Waals surface area contributed by atoms with Gasteiger partial charge in [0.15, 0.2) is 6.61 Å². The molecule has 1 heterocycles. The molecule has 2 rings (SSSR count). The fourth-order valence-corrected chi connectivity index (χ4v) is 2.17. The number of hydrogen-bond acceptors (Lipinski definition) is 4. The van der Waals surface area contributed by atoms with Gasteiger partial charge < -0.3 is 20.1 Å². The van der Waals surface area contributed by atoms with Crippen LogP contribution in [0.5, 0.6) is 5.75 Å². The molecule has 114 valence electrons. The van der Waals surface area contributed by atoms with Crippen molar-refractivity contribution in [2.45, 2.75) is 19.8 Å². The molecule has 0 saturated carbocycles. The molecule has 1 aromatic rings. The highest BCUT2D eigenvalue weighted by Crippen LogP contribution is 2.29. The SMILES string of the molecule is CCCCN(CCO)C(=O)c1ccc2c(c1)OCC(=O)N2. The van der Waals surface area contributed by atoms with Crippen molar-refractivity contribution >= 4 is 17.5 Å². The molecule has 1 aliphatic heterocycles. The molecule has 0 aliphatic carbocycles. The quantitative estimate of drug-likeness (QED) is 0.827. The van der Waals surface area contributed by atoms with Gasteiger partial charge in [-0.25, -0.2) is 0 Å². The van der Waals surface area contributed by atoms with Gasteiger partial charge in [0.25, 0.3) is 11.8 Å². The summed E-state index contributed by atoms with van der Waals surface area (Å²) in [5.41, 5.74) is 1.07. The molecule has 2 N–H and O–H groups in total. The van der Waals surface area contributed by atoms with Crippen LogP contribution in [-0.4, -0.2) is 48.1 Å². The zero-order valence-corrected chi connectivity index (χ0v) is 12.1. The Hall–Kier alpha value is -2.08. The predicted octanol–water partition coefficient (Wildman–Crippen LogP) is 1.25. The van der Waals surface area contributed by atoms with Gasteiger partial charge in [0.1, 0.15) is 5.75 Å². The largest absolute Gasteiger partial charge is 0.482 e. The lowest BCUT2D eigenvalue weighted by Gasteiger charge is -2.23. The van der Waals surface area contributed by atoms with E-state index in [1.807, 2.05) is 0 Å². The van der Waals surface area contributed by atoms with Crippen LogP contribution in [0.3, 0.4) is 0 Å². The van der Waals surface area contributed by atoms with Crippen LogP contribution in [-0.2, 0) is 4.79 Å². The number of unbranched alkanes of at least 4 members (excludes halogenated alkanes) is 1. The predicted molar refractivity (Wildman–Crippen MR) is 78.5 cm³/mol. The summed E-state index contributed by atoms with van der Waals surface area (Å²) in [5.74, 6) is 0.159. The summed E-state index contributed by atoms with van der Waals surface area (Å²) in [5, 5.41) is 11.8. The summed E-state index contributed by atoms with van der Waals surface area (Å²) in [7, 11) is 0. The minimum absolute atomic E-state index is 0.0408. The van der Waals surface area contributed by atoms with Gasteiger partial charge in [0, 0.05) is 18.7 Å². The topological polar surface area (TPSA) is 78.9 Å². The van der Waals surface area contributed by atoms with Crippen molar-refractivity contribution in [3.63, 3.8) is 0 Å². The molecule has 0 fully saturated rings. The number of aliphatic hydroxyl groups excluding tert-OH is 1. The summed E-state index contributed by atoms with van der Waals surface area (Å²) >= 11 is 0. The van der Waals surface area contributed by atoms with Gasteiger partial charge in [-0.3, -0.25) is 9.59 Å². The number of ether oxygens (including phenoxy) is 1. The Morgan fingerprint density at radius 2 is 2.24 bits per heavy atom. The molecule has 2 amide bonds. The van der Waals surface area contributed by atoms with E-state index in [1.54, 1.807) is 23.1 Å². The van der Waals surface area contributed by atoms with E-state index < -0.39 is 0 Å². The monoisotopic (exact) mass is 292 g/mol. The summed E-state index contributed by atoms with van der Waals surface area (Å²) in [6.45, 7) is 2.88. The van der Waals surface area contributed by atoms with Crippen LogP contribution in [0.1, 0.15) is 30.1 Å². The number of amides is 2. The first kappa shape index (κ1) is 15.3. The van der Waals surface area contributed by atoms with Gasteiger partial charge in [-0.05, 0) is 24.6 Å². The van der Waals surface area contributed by atoms with Crippen LogP contribution in [0, 0.1) is 0 Å². The standard InChI is InChI=1S/C15H20N2O4/c1-2-3-6-17(7-8-18)15(20)11-4-5-12-13(9-11)21-10-14(19)16-12/h4-5,9,18H,2-3,6-8,10H2,1H3,(H,16,19). The van der Waals surface area contributed by atoms with Crippen LogP contribution in [0.4, 0.5) is 5.69 Å². The zero-order valence-electron chi connectivity index (χ0n) is 12.1. The average molecular weight is 292 g/mol. The lowest BCUT2D eigenvalue weighted by Crippen LogP contribution is -2.34. The summed E-state index contributed by atoms with van der Waals surface area (Å²) in [6.07, 6.45) is 1.87. The van der Waals surface area contributed by atoms with Gasteiger partial charge in [0.05, 0.1) is 12.3 Å². The fraction of sp³-hybridized carbons (Fsp3) is 0.467. The lowest BCUT2D eigenvalue weighted by atomic mass is 10.1. The molecule has 0 aromatic heterocycles. The minimum Gasteiger partial charge on any atom is -0.482 e. The molecular formula is C15H20N2O4. The molecule has 1 aliphatic rings. The number of fused-ring (bicyclic) bond motifs is 1. The highest BCUT2D eigenvalue weighted by molar-refractivity contribution is 5.99. The second-order valence-corrected chi connectivity index (χ2v) is 4.92. The van der Waals surface area contributed by atoms with Crippen molar-refractivity contribution in [1.29, 1.82) is 0 Å². The Morgan fingerprint density at radius 1 is 1.43 bits per heavy atom. The van der Waals surface area contributed by atoms with Crippen LogP contribution >= 0.6 is 0 Å². The van der Waals surface area contributed by atoms with E-state index >= 15 is 0 Å².